The van der Waals surface area contributed by atoms with Crippen LogP contribution >= 0.6 is 11.3 Å². The van der Waals surface area contributed by atoms with Gasteiger partial charge in [-0.25, -0.2) is 4.98 Å². The highest BCUT2D eigenvalue weighted by Crippen LogP contribution is 2.29. The molecule has 0 saturated heterocycles. The van der Waals surface area contributed by atoms with E-state index in [9.17, 15) is 9.59 Å². The summed E-state index contributed by atoms with van der Waals surface area (Å²) >= 11 is 1.34. The van der Waals surface area contributed by atoms with Gasteiger partial charge in [-0.15, -0.1) is 11.3 Å². The Balaban J connectivity index is 1.34. The fourth-order valence-electron chi connectivity index (χ4n) is 3.75. The Kier molecular flexibility index (Phi) is 4.80. The monoisotopic (exact) mass is 417 g/mol. The quantitative estimate of drug-likeness (QED) is 0.495. The second kappa shape index (κ2) is 7.76. The van der Waals surface area contributed by atoms with Gasteiger partial charge in [0.1, 0.15) is 11.3 Å². The summed E-state index contributed by atoms with van der Waals surface area (Å²) in [6.07, 6.45) is 6.24. The first-order valence-corrected chi connectivity index (χ1v) is 10.7. The van der Waals surface area contributed by atoms with E-state index in [4.69, 9.17) is 4.42 Å². The van der Waals surface area contributed by atoms with Gasteiger partial charge in [0.15, 0.2) is 5.13 Å². The molecular formula is C23H19N3O3S. The Bertz CT molecular complexity index is 1270. The second-order valence-corrected chi connectivity index (χ2v) is 8.13. The summed E-state index contributed by atoms with van der Waals surface area (Å²) in [5.74, 6) is 0.0438. The van der Waals surface area contributed by atoms with Crippen LogP contribution in [0.25, 0.3) is 22.7 Å². The normalized spacial score (nSPS) is 13.1. The van der Waals surface area contributed by atoms with Crippen molar-refractivity contribution in [3.05, 3.63) is 81.2 Å². The molecular weight excluding hydrogens is 398 g/mol. The number of pyridine rings is 1. The van der Waals surface area contributed by atoms with Crippen molar-refractivity contribution >= 4 is 22.4 Å². The molecule has 0 radical (unpaired) electrons. The molecule has 0 unspecified atom stereocenters. The van der Waals surface area contributed by atoms with E-state index in [0.717, 1.165) is 24.1 Å². The number of anilines is 1. The zero-order chi connectivity index (χ0) is 20.5. The topological polar surface area (TPSA) is 88.0 Å². The average molecular weight is 417 g/mol. The van der Waals surface area contributed by atoms with Crippen molar-refractivity contribution in [1.29, 1.82) is 0 Å². The standard InChI is InChI=1S/C23H19N3O3S/c27-21-17(9-10-18(24-21)20-6-3-11-29-20)22(28)26-23-25-19(13-30-23)16-8-7-14-4-1-2-5-15(14)12-16/h3,6-13H,1-2,4-5H2,(H,24,27)(H,25,26,28). The van der Waals surface area contributed by atoms with Crippen LogP contribution in [0.15, 0.2) is 63.3 Å². The van der Waals surface area contributed by atoms with Crippen LogP contribution in [0.5, 0.6) is 0 Å². The first-order valence-electron chi connectivity index (χ1n) is 9.83. The number of aromatic nitrogens is 2. The average Bonchev–Trinajstić information content (AvgIpc) is 3.46. The highest BCUT2D eigenvalue weighted by molar-refractivity contribution is 7.14. The van der Waals surface area contributed by atoms with Gasteiger partial charge in [0.25, 0.3) is 11.5 Å². The maximum absolute atomic E-state index is 12.6. The maximum Gasteiger partial charge on any atom is 0.263 e. The van der Waals surface area contributed by atoms with Crippen molar-refractivity contribution in [1.82, 2.24) is 9.97 Å². The molecule has 5 rings (SSSR count). The van der Waals surface area contributed by atoms with E-state index in [1.54, 1.807) is 18.2 Å². The Hall–Kier alpha value is -3.45. The first-order chi connectivity index (χ1) is 14.7. The van der Waals surface area contributed by atoms with E-state index in [-0.39, 0.29) is 5.56 Å². The predicted octanol–water partition coefficient (Wildman–Crippen LogP) is 4.89. The van der Waals surface area contributed by atoms with Crippen LogP contribution in [0.4, 0.5) is 5.13 Å². The lowest BCUT2D eigenvalue weighted by Gasteiger charge is -2.16. The minimum Gasteiger partial charge on any atom is -0.463 e. The zero-order valence-corrected chi connectivity index (χ0v) is 16.9. The summed E-state index contributed by atoms with van der Waals surface area (Å²) in [7, 11) is 0. The van der Waals surface area contributed by atoms with E-state index in [1.165, 1.54) is 47.6 Å². The van der Waals surface area contributed by atoms with Crippen molar-refractivity contribution in [3.63, 3.8) is 0 Å². The number of aromatic amines is 1. The van der Waals surface area contributed by atoms with Gasteiger partial charge in [0, 0.05) is 10.9 Å². The number of aryl methyl sites for hydroxylation is 2. The van der Waals surface area contributed by atoms with E-state index < -0.39 is 11.5 Å². The first kappa shape index (κ1) is 18.6. The smallest absolute Gasteiger partial charge is 0.263 e. The van der Waals surface area contributed by atoms with Gasteiger partial charge in [0.2, 0.25) is 0 Å². The molecule has 0 atom stereocenters. The Morgan fingerprint density at radius 2 is 1.97 bits per heavy atom. The fraction of sp³-hybridized carbons (Fsp3) is 0.174. The van der Waals surface area contributed by atoms with Gasteiger partial charge in [-0.2, -0.15) is 0 Å². The molecule has 6 nitrogen and oxygen atoms in total. The van der Waals surface area contributed by atoms with Crippen molar-refractivity contribution in [2.75, 3.05) is 5.32 Å². The van der Waals surface area contributed by atoms with Gasteiger partial charge in [-0.05, 0) is 67.1 Å². The molecule has 1 amide bonds. The van der Waals surface area contributed by atoms with Crippen LogP contribution < -0.4 is 10.9 Å². The largest absolute Gasteiger partial charge is 0.463 e. The lowest BCUT2D eigenvalue weighted by Crippen LogP contribution is -2.23. The number of carbonyl (C=O) groups excluding carboxylic acids is 1. The number of furan rings is 1. The number of carbonyl (C=O) groups is 1. The highest BCUT2D eigenvalue weighted by atomic mass is 32.1. The highest BCUT2D eigenvalue weighted by Gasteiger charge is 2.16. The van der Waals surface area contributed by atoms with Crippen LogP contribution in [-0.2, 0) is 12.8 Å². The minimum absolute atomic E-state index is 0.0239. The molecule has 2 N–H and O–H groups in total. The number of hydrogen-bond donors (Lipinski definition) is 2. The molecule has 4 aromatic rings. The molecule has 3 heterocycles. The number of H-pyrrole nitrogens is 1. The summed E-state index contributed by atoms with van der Waals surface area (Å²) < 4.78 is 5.27. The number of nitrogens with one attached hydrogen (secondary N) is 2. The molecule has 150 valence electrons. The van der Waals surface area contributed by atoms with Gasteiger partial charge < -0.3 is 9.40 Å². The summed E-state index contributed by atoms with van der Waals surface area (Å²) in [6.45, 7) is 0. The minimum atomic E-state index is -0.492. The van der Waals surface area contributed by atoms with Crippen LogP contribution in [-0.4, -0.2) is 15.9 Å². The van der Waals surface area contributed by atoms with E-state index >= 15 is 0 Å². The lowest BCUT2D eigenvalue weighted by molar-refractivity contribution is 0.102. The predicted molar refractivity (Wildman–Crippen MR) is 117 cm³/mol. The summed E-state index contributed by atoms with van der Waals surface area (Å²) in [4.78, 5) is 32.2. The molecule has 1 aromatic carbocycles. The molecule has 7 heteroatoms. The van der Waals surface area contributed by atoms with Gasteiger partial charge >= 0.3 is 0 Å². The second-order valence-electron chi connectivity index (χ2n) is 7.27. The molecule has 1 aliphatic rings. The van der Waals surface area contributed by atoms with E-state index in [0.29, 0.717) is 16.6 Å². The van der Waals surface area contributed by atoms with Crippen molar-refractivity contribution in [2.24, 2.45) is 0 Å². The number of benzene rings is 1. The third-order valence-corrected chi connectivity index (χ3v) is 6.07. The summed E-state index contributed by atoms with van der Waals surface area (Å²) in [5.41, 5.74) is 4.75. The number of fused-ring (bicyclic) bond motifs is 1. The summed E-state index contributed by atoms with van der Waals surface area (Å²) in [5, 5.41) is 5.11. The van der Waals surface area contributed by atoms with Crippen LogP contribution in [0.1, 0.15) is 34.3 Å². The molecule has 30 heavy (non-hydrogen) atoms. The molecule has 3 aromatic heterocycles. The van der Waals surface area contributed by atoms with Gasteiger partial charge in [0.05, 0.1) is 17.7 Å². The fourth-order valence-corrected chi connectivity index (χ4v) is 4.46. The van der Waals surface area contributed by atoms with Gasteiger partial charge in [-0.1, -0.05) is 12.1 Å². The molecule has 0 spiro atoms. The van der Waals surface area contributed by atoms with E-state index in [1.807, 2.05) is 5.38 Å². The molecule has 0 fully saturated rings. The van der Waals surface area contributed by atoms with Crippen molar-refractivity contribution < 1.29 is 9.21 Å². The number of nitrogens with zero attached hydrogens (tertiary/aromatic N) is 1. The van der Waals surface area contributed by atoms with Gasteiger partial charge in [-0.3, -0.25) is 14.9 Å². The number of rotatable bonds is 4. The number of thiazole rings is 1. The van der Waals surface area contributed by atoms with Crippen molar-refractivity contribution in [3.8, 4) is 22.7 Å². The molecule has 0 aliphatic heterocycles. The lowest BCUT2D eigenvalue weighted by atomic mass is 9.90. The Morgan fingerprint density at radius 1 is 1.10 bits per heavy atom. The zero-order valence-electron chi connectivity index (χ0n) is 16.1. The Morgan fingerprint density at radius 3 is 2.77 bits per heavy atom. The van der Waals surface area contributed by atoms with Crippen LogP contribution in [0.3, 0.4) is 0 Å². The summed E-state index contributed by atoms with van der Waals surface area (Å²) in [6, 6.07) is 13.1. The number of amides is 1. The molecule has 0 bridgehead atoms. The molecule has 1 aliphatic carbocycles. The van der Waals surface area contributed by atoms with Crippen LogP contribution in [0.2, 0.25) is 0 Å². The third-order valence-electron chi connectivity index (χ3n) is 5.31. The van der Waals surface area contributed by atoms with Crippen LogP contribution in [0, 0.1) is 0 Å². The SMILES string of the molecule is O=C(Nc1nc(-c2ccc3c(c2)CCCC3)cs1)c1ccc(-c2ccco2)[nH]c1=O. The number of hydrogen-bond acceptors (Lipinski definition) is 5. The third kappa shape index (κ3) is 3.59. The van der Waals surface area contributed by atoms with E-state index in [2.05, 4.69) is 33.5 Å². The van der Waals surface area contributed by atoms with Crippen molar-refractivity contribution in [2.45, 2.75) is 25.7 Å². The Labute approximate surface area is 176 Å². The maximum atomic E-state index is 12.6. The molecule has 0 saturated carbocycles.